The molecule has 1 fully saturated rings. The number of nitrogens with one attached hydrogen (secondary N) is 1. The number of aliphatic hydroxyl groups excluding tert-OH is 3. The number of hydrogen-bond acceptors (Lipinski definition) is 10. The number of aliphatic carboxylic acids is 1. The quantitative estimate of drug-likeness (QED) is 0.247. The van der Waals surface area contributed by atoms with Crippen molar-refractivity contribution in [3.8, 4) is 5.75 Å². The number of ether oxygens (including phenoxy) is 2. The van der Waals surface area contributed by atoms with Gasteiger partial charge in [0.2, 0.25) is 6.29 Å². The van der Waals surface area contributed by atoms with E-state index in [2.05, 4.69) is 5.32 Å². The minimum atomic E-state index is -4.33. The number of benzene rings is 1. The van der Waals surface area contributed by atoms with E-state index in [1.807, 2.05) is 20.8 Å². The van der Waals surface area contributed by atoms with E-state index in [-0.39, 0.29) is 12.4 Å². The number of hydrogen-bond donors (Lipinski definition) is 6. The van der Waals surface area contributed by atoms with Crippen LogP contribution < -0.4 is 10.1 Å². The molecule has 0 bridgehead atoms. The van der Waals surface area contributed by atoms with Crippen LogP contribution in [0.4, 0.5) is 5.69 Å². The van der Waals surface area contributed by atoms with Crippen molar-refractivity contribution in [3.05, 3.63) is 23.8 Å². The molecule has 2 rings (SSSR count). The fourth-order valence-electron chi connectivity index (χ4n) is 3.12. The maximum Gasteiger partial charge on any atom is 0.473 e. The fourth-order valence-corrected chi connectivity index (χ4v) is 4.18. The van der Waals surface area contributed by atoms with Gasteiger partial charge in [0.1, 0.15) is 24.1 Å². The van der Waals surface area contributed by atoms with E-state index in [0.717, 1.165) is 0 Å². The molecule has 200 valence electrons. The number of anilines is 1. The summed E-state index contributed by atoms with van der Waals surface area (Å²) in [5, 5.41) is 42.8. The first kappa shape index (κ1) is 29.5. The number of phosphoric acid groups is 1. The Morgan fingerprint density at radius 1 is 1.11 bits per heavy atom. The van der Waals surface area contributed by atoms with E-state index in [4.69, 9.17) is 18.5 Å². The number of carbonyl (C=O) groups is 1. The largest absolute Gasteiger partial charge is 0.479 e. The van der Waals surface area contributed by atoms with Gasteiger partial charge in [0.15, 0.2) is 6.10 Å². The third kappa shape index (κ3) is 8.40. The van der Waals surface area contributed by atoms with Crippen LogP contribution in [-0.4, -0.2) is 73.1 Å². The van der Waals surface area contributed by atoms with Crippen LogP contribution in [0.5, 0.6) is 5.75 Å². The Bertz CT molecular complexity index is 932. The van der Waals surface area contributed by atoms with Crippen LogP contribution in [0.2, 0.25) is 0 Å². The lowest BCUT2D eigenvalue weighted by molar-refractivity contribution is -0.271. The van der Waals surface area contributed by atoms with Gasteiger partial charge in [-0.2, -0.15) is 0 Å². The van der Waals surface area contributed by atoms with E-state index in [0.29, 0.717) is 17.7 Å². The number of phosphoric ester groups is 1. The second-order valence-electron chi connectivity index (χ2n) is 9.99. The first-order valence-corrected chi connectivity index (χ1v) is 12.6. The molecule has 35 heavy (non-hydrogen) atoms. The van der Waals surface area contributed by atoms with Crippen molar-refractivity contribution < 1.29 is 53.2 Å². The maximum absolute atomic E-state index is 12.2. The van der Waals surface area contributed by atoms with Gasteiger partial charge in [0, 0.05) is 5.54 Å². The van der Waals surface area contributed by atoms with Crippen LogP contribution in [0, 0.1) is 0 Å². The van der Waals surface area contributed by atoms with Crippen molar-refractivity contribution in [2.24, 2.45) is 0 Å². The predicted octanol–water partition coefficient (Wildman–Crippen LogP) is 1.99. The number of rotatable bonds is 10. The molecule has 6 N–H and O–H groups in total. The summed E-state index contributed by atoms with van der Waals surface area (Å²) in [6, 6.07) is 4.60. The lowest BCUT2D eigenvalue weighted by Gasteiger charge is -2.39. The molecular formula is C22H36NO11P. The lowest BCUT2D eigenvalue weighted by Crippen LogP contribution is -2.61. The highest BCUT2D eigenvalue weighted by Crippen LogP contribution is 2.48. The standard InChI is InChI=1S/C22H36NO11P/c1-7-22(5,6)23-13-10-12(11-31-35(29,30)34-21(2,3)4)8-9-14(13)32-20-17(26)15(24)16(25)18(33-20)19(27)28/h8-10,15-18,20,23-26H,7,11H2,1-6H3,(H,27,28)(H,29,30). The van der Waals surface area contributed by atoms with Gasteiger partial charge >= 0.3 is 13.8 Å². The van der Waals surface area contributed by atoms with E-state index in [9.17, 15) is 34.7 Å². The molecule has 6 atom stereocenters. The zero-order chi connectivity index (χ0) is 26.8. The molecule has 12 nitrogen and oxygen atoms in total. The van der Waals surface area contributed by atoms with Gasteiger partial charge < -0.3 is 40.1 Å². The summed E-state index contributed by atoms with van der Waals surface area (Å²) < 4.78 is 33.3. The lowest BCUT2D eigenvalue weighted by atomic mass is 9.99. The number of carboxylic acids is 1. The molecule has 13 heteroatoms. The van der Waals surface area contributed by atoms with Crippen molar-refractivity contribution in [3.63, 3.8) is 0 Å². The predicted molar refractivity (Wildman–Crippen MR) is 125 cm³/mol. The Morgan fingerprint density at radius 3 is 2.29 bits per heavy atom. The topological polar surface area (TPSA) is 184 Å². The summed E-state index contributed by atoms with van der Waals surface area (Å²) in [6.45, 7) is 10.4. The first-order chi connectivity index (χ1) is 15.9. The van der Waals surface area contributed by atoms with E-state index in [1.165, 1.54) is 12.1 Å². The van der Waals surface area contributed by atoms with E-state index in [1.54, 1.807) is 26.8 Å². The van der Waals surface area contributed by atoms with Crippen molar-refractivity contribution >= 4 is 19.5 Å². The smallest absolute Gasteiger partial charge is 0.473 e. The molecule has 6 unspecified atom stereocenters. The molecule has 0 amide bonds. The SMILES string of the molecule is CCC(C)(C)Nc1cc(COP(=O)(O)OC(C)(C)C)ccc1OC1OC(C(=O)O)C(O)C(O)C1O. The van der Waals surface area contributed by atoms with Crippen LogP contribution in [0.1, 0.15) is 53.5 Å². The van der Waals surface area contributed by atoms with Gasteiger partial charge in [0.05, 0.1) is 17.9 Å². The Hall–Kier alpha value is -1.76. The van der Waals surface area contributed by atoms with Gasteiger partial charge in [-0.1, -0.05) is 13.0 Å². The van der Waals surface area contributed by atoms with Gasteiger partial charge in [-0.15, -0.1) is 0 Å². The van der Waals surface area contributed by atoms with E-state index < -0.39 is 55.6 Å². The van der Waals surface area contributed by atoms with Crippen LogP contribution in [0.15, 0.2) is 18.2 Å². The third-order valence-electron chi connectivity index (χ3n) is 5.24. The monoisotopic (exact) mass is 521 g/mol. The van der Waals surface area contributed by atoms with Crippen LogP contribution >= 0.6 is 7.82 Å². The molecular weight excluding hydrogens is 485 g/mol. The summed E-state index contributed by atoms with van der Waals surface area (Å²) in [6.07, 6.45) is -8.09. The Balaban J connectivity index is 2.30. The zero-order valence-electron chi connectivity index (χ0n) is 20.7. The molecule has 1 aliphatic rings. The minimum absolute atomic E-state index is 0.144. The number of aliphatic hydroxyl groups is 3. The summed E-state index contributed by atoms with van der Waals surface area (Å²) in [5.41, 5.74) is -0.440. The molecule has 1 saturated heterocycles. The maximum atomic E-state index is 12.2. The van der Waals surface area contributed by atoms with Gasteiger partial charge in [-0.05, 0) is 58.7 Å². The minimum Gasteiger partial charge on any atom is -0.479 e. The molecule has 1 heterocycles. The van der Waals surface area contributed by atoms with Gasteiger partial charge in [0.25, 0.3) is 0 Å². The summed E-state index contributed by atoms with van der Waals surface area (Å²) in [7, 11) is -4.33. The second kappa shape index (κ2) is 11.1. The van der Waals surface area contributed by atoms with E-state index >= 15 is 0 Å². The highest BCUT2D eigenvalue weighted by Gasteiger charge is 2.48. The fraction of sp³-hybridized carbons (Fsp3) is 0.682. The van der Waals surface area contributed by atoms with Crippen molar-refractivity contribution in [2.45, 2.75) is 96.4 Å². The summed E-state index contributed by atoms with van der Waals surface area (Å²) in [4.78, 5) is 21.3. The third-order valence-corrected chi connectivity index (χ3v) is 6.47. The van der Waals surface area contributed by atoms with Crippen LogP contribution in [0.3, 0.4) is 0 Å². The van der Waals surface area contributed by atoms with Crippen molar-refractivity contribution in [2.75, 3.05) is 5.32 Å². The van der Waals surface area contributed by atoms with Crippen LogP contribution in [-0.2, 0) is 29.8 Å². The Kier molecular flexibility index (Phi) is 9.35. The molecule has 1 aromatic carbocycles. The zero-order valence-corrected chi connectivity index (χ0v) is 21.6. The van der Waals surface area contributed by atoms with Gasteiger partial charge in [-0.25, -0.2) is 9.36 Å². The normalized spacial score (nSPS) is 27.2. The molecule has 0 aromatic heterocycles. The van der Waals surface area contributed by atoms with Crippen molar-refractivity contribution in [1.29, 1.82) is 0 Å². The summed E-state index contributed by atoms with van der Waals surface area (Å²) in [5.74, 6) is -1.38. The average molecular weight is 522 g/mol. The highest BCUT2D eigenvalue weighted by molar-refractivity contribution is 7.47. The molecule has 0 spiro atoms. The van der Waals surface area contributed by atoms with Crippen molar-refractivity contribution in [1.82, 2.24) is 0 Å². The second-order valence-corrected chi connectivity index (χ2v) is 11.4. The van der Waals surface area contributed by atoms with Gasteiger partial charge in [-0.3, -0.25) is 9.05 Å². The van der Waals surface area contributed by atoms with Crippen LogP contribution in [0.25, 0.3) is 0 Å². The molecule has 1 aliphatic heterocycles. The molecule has 0 aliphatic carbocycles. The first-order valence-electron chi connectivity index (χ1n) is 11.1. The molecule has 1 aromatic rings. The Morgan fingerprint density at radius 2 is 1.74 bits per heavy atom. The molecule has 0 saturated carbocycles. The molecule has 0 radical (unpaired) electrons. The Labute approximate surface area is 204 Å². The summed E-state index contributed by atoms with van der Waals surface area (Å²) >= 11 is 0. The number of carboxylic acid groups (broad SMARTS) is 1. The highest BCUT2D eigenvalue weighted by atomic mass is 31.2. The average Bonchev–Trinajstić information content (AvgIpc) is 2.72.